The van der Waals surface area contributed by atoms with Crippen LogP contribution in [0.15, 0.2) is 51.1 Å². The van der Waals surface area contributed by atoms with Gasteiger partial charge in [0.2, 0.25) is 17.6 Å². The normalized spacial score (nSPS) is 15.8. The second-order valence-electron chi connectivity index (χ2n) is 7.93. The molecule has 0 bridgehead atoms. The first-order valence-electron chi connectivity index (χ1n) is 10.9. The van der Waals surface area contributed by atoms with Gasteiger partial charge in [-0.1, -0.05) is 23.4 Å². The highest BCUT2D eigenvalue weighted by Gasteiger charge is 2.24. The molecule has 1 saturated heterocycles. The molecule has 33 heavy (non-hydrogen) atoms. The third-order valence-electron chi connectivity index (χ3n) is 5.57. The average Bonchev–Trinajstić information content (AvgIpc) is 3.60. The molecule has 0 saturated carbocycles. The molecule has 1 aliphatic heterocycles. The third-order valence-corrected chi connectivity index (χ3v) is 6.43. The average molecular weight is 466 g/mol. The number of carbonyl (C=O) groups excluding carboxylic acids is 1. The zero-order chi connectivity index (χ0) is 22.6. The van der Waals surface area contributed by atoms with Gasteiger partial charge in [0.25, 0.3) is 5.56 Å². The predicted octanol–water partition coefficient (Wildman–Crippen LogP) is 3.18. The minimum absolute atomic E-state index is 0.0186. The summed E-state index contributed by atoms with van der Waals surface area (Å²) in [6, 6.07) is 11.0. The van der Waals surface area contributed by atoms with Crippen LogP contribution in [0.5, 0.6) is 0 Å². The summed E-state index contributed by atoms with van der Waals surface area (Å²) in [7, 11) is 0. The lowest BCUT2D eigenvalue weighted by Crippen LogP contribution is -2.38. The summed E-state index contributed by atoms with van der Waals surface area (Å²) in [5.74, 6) is 1.31. The maximum atomic E-state index is 13.2. The topological polar surface area (TPSA) is 114 Å². The Morgan fingerprint density at radius 2 is 2.12 bits per heavy atom. The number of aromatic amines is 1. The number of fused-ring (bicyclic) bond motifs is 1. The molecule has 0 radical (unpaired) electrons. The van der Waals surface area contributed by atoms with Crippen molar-refractivity contribution in [3.05, 3.63) is 63.8 Å². The molecule has 0 spiro atoms. The molecule has 170 valence electrons. The van der Waals surface area contributed by atoms with Gasteiger partial charge in [-0.3, -0.25) is 9.59 Å². The molecule has 1 fully saturated rings. The number of nitrogens with one attached hydrogen (secondary N) is 1. The number of thiophene rings is 1. The Morgan fingerprint density at radius 1 is 1.21 bits per heavy atom. The molecule has 5 rings (SSSR count). The molecule has 1 aliphatic rings. The van der Waals surface area contributed by atoms with Gasteiger partial charge in [0.1, 0.15) is 5.82 Å². The highest BCUT2D eigenvalue weighted by atomic mass is 32.1. The van der Waals surface area contributed by atoms with E-state index in [0.29, 0.717) is 48.0 Å². The summed E-state index contributed by atoms with van der Waals surface area (Å²) in [5, 5.41) is 6.47. The van der Waals surface area contributed by atoms with E-state index in [1.165, 1.54) is 11.3 Å². The summed E-state index contributed by atoms with van der Waals surface area (Å²) in [4.78, 5) is 40.0. The summed E-state index contributed by atoms with van der Waals surface area (Å²) < 4.78 is 11.1. The van der Waals surface area contributed by atoms with Crippen LogP contribution < -0.4 is 5.56 Å². The number of nitrogens with zero attached hydrogens (tertiary/aromatic N) is 4. The molecule has 1 N–H and O–H groups in total. The fraction of sp³-hybridized carbons (Fsp3) is 0.348. The predicted molar refractivity (Wildman–Crippen MR) is 123 cm³/mol. The lowest BCUT2D eigenvalue weighted by atomic mass is 10.2. The van der Waals surface area contributed by atoms with Crippen LogP contribution in [0.4, 0.5) is 0 Å². The molecule has 9 nitrogen and oxygen atoms in total. The van der Waals surface area contributed by atoms with Gasteiger partial charge in [-0.2, -0.15) is 4.98 Å². The molecule has 1 unspecified atom stereocenters. The number of carbonyl (C=O) groups is 1. The van der Waals surface area contributed by atoms with Gasteiger partial charge >= 0.3 is 0 Å². The number of amides is 1. The van der Waals surface area contributed by atoms with E-state index in [4.69, 9.17) is 9.26 Å². The second-order valence-corrected chi connectivity index (χ2v) is 8.88. The number of aromatic nitrogens is 4. The van der Waals surface area contributed by atoms with E-state index in [2.05, 4.69) is 20.1 Å². The smallest absolute Gasteiger partial charge is 0.258 e. The summed E-state index contributed by atoms with van der Waals surface area (Å²) in [6.45, 7) is 1.34. The van der Waals surface area contributed by atoms with Gasteiger partial charge in [0.05, 0.1) is 28.4 Å². The minimum atomic E-state index is -0.216. The van der Waals surface area contributed by atoms with Gasteiger partial charge in [-0.05, 0) is 36.4 Å². The molecule has 1 amide bonds. The fourth-order valence-electron chi connectivity index (χ4n) is 3.91. The monoisotopic (exact) mass is 465 g/mol. The molecule has 1 aromatic carbocycles. The molecule has 4 heterocycles. The number of hydrogen-bond acceptors (Lipinski definition) is 8. The van der Waals surface area contributed by atoms with Crippen molar-refractivity contribution in [3.63, 3.8) is 0 Å². The van der Waals surface area contributed by atoms with E-state index in [1.807, 2.05) is 23.6 Å². The quantitative estimate of drug-likeness (QED) is 0.425. The van der Waals surface area contributed by atoms with Gasteiger partial charge in [-0.15, -0.1) is 11.3 Å². The van der Waals surface area contributed by atoms with Crippen molar-refractivity contribution in [3.8, 4) is 10.7 Å². The first-order valence-corrected chi connectivity index (χ1v) is 11.8. The van der Waals surface area contributed by atoms with Crippen molar-refractivity contribution in [2.45, 2.75) is 38.3 Å². The maximum Gasteiger partial charge on any atom is 0.258 e. The molecule has 4 aromatic rings. The van der Waals surface area contributed by atoms with Crippen LogP contribution in [0, 0.1) is 0 Å². The molecule has 10 heteroatoms. The largest absolute Gasteiger partial charge is 0.376 e. The van der Waals surface area contributed by atoms with E-state index in [9.17, 15) is 9.59 Å². The Balaban J connectivity index is 1.30. The first-order chi connectivity index (χ1) is 16.2. The van der Waals surface area contributed by atoms with Crippen LogP contribution in [0.1, 0.15) is 31.0 Å². The van der Waals surface area contributed by atoms with E-state index < -0.39 is 0 Å². The van der Waals surface area contributed by atoms with E-state index in [-0.39, 0.29) is 30.5 Å². The van der Waals surface area contributed by atoms with Gasteiger partial charge < -0.3 is 19.1 Å². The standard InChI is InChI=1S/C23H23N5O4S/c29-21(10-9-20-26-22(27-32-20)18-8-4-12-33-18)28(13-15-5-3-11-31-15)14-19-24-17-7-2-1-6-16(17)23(30)25-19/h1-2,4,6-8,12,15H,3,5,9-11,13-14H2,(H,24,25,30). The molecule has 3 aromatic heterocycles. The highest BCUT2D eigenvalue weighted by Crippen LogP contribution is 2.22. The van der Waals surface area contributed by atoms with Gasteiger partial charge in [0, 0.05) is 26.0 Å². The number of rotatable bonds is 8. The maximum absolute atomic E-state index is 13.2. The third kappa shape index (κ3) is 5.01. The van der Waals surface area contributed by atoms with Crippen molar-refractivity contribution in [2.24, 2.45) is 0 Å². The van der Waals surface area contributed by atoms with Crippen molar-refractivity contribution in [1.82, 2.24) is 25.0 Å². The van der Waals surface area contributed by atoms with Crippen LogP contribution >= 0.6 is 11.3 Å². The van der Waals surface area contributed by atoms with Crippen molar-refractivity contribution in [1.29, 1.82) is 0 Å². The van der Waals surface area contributed by atoms with Gasteiger partial charge in [0.15, 0.2) is 0 Å². The first kappa shape index (κ1) is 21.5. The highest BCUT2D eigenvalue weighted by molar-refractivity contribution is 7.13. The Kier molecular flexibility index (Phi) is 6.27. The van der Waals surface area contributed by atoms with E-state index in [1.54, 1.807) is 23.1 Å². The number of H-pyrrole nitrogens is 1. The van der Waals surface area contributed by atoms with Crippen LogP contribution in [-0.2, 0) is 22.5 Å². The number of aryl methyl sites for hydroxylation is 1. The van der Waals surface area contributed by atoms with Crippen LogP contribution in [0.25, 0.3) is 21.6 Å². The van der Waals surface area contributed by atoms with Crippen molar-refractivity contribution < 1.29 is 14.1 Å². The van der Waals surface area contributed by atoms with E-state index >= 15 is 0 Å². The van der Waals surface area contributed by atoms with E-state index in [0.717, 1.165) is 17.7 Å². The fourth-order valence-corrected chi connectivity index (χ4v) is 4.56. The zero-order valence-corrected chi connectivity index (χ0v) is 18.7. The summed E-state index contributed by atoms with van der Waals surface area (Å²) >= 11 is 1.53. The Bertz CT molecular complexity index is 1290. The Morgan fingerprint density at radius 3 is 2.94 bits per heavy atom. The lowest BCUT2D eigenvalue weighted by Gasteiger charge is -2.25. The van der Waals surface area contributed by atoms with Gasteiger partial charge in [-0.25, -0.2) is 4.98 Å². The molecular formula is C23H23N5O4S. The van der Waals surface area contributed by atoms with Crippen LogP contribution in [-0.4, -0.2) is 50.2 Å². The Labute approximate surface area is 193 Å². The molecular weight excluding hydrogens is 442 g/mol. The number of para-hydroxylation sites is 1. The van der Waals surface area contributed by atoms with Crippen molar-refractivity contribution >= 4 is 28.1 Å². The lowest BCUT2D eigenvalue weighted by molar-refractivity contribution is -0.133. The summed E-state index contributed by atoms with van der Waals surface area (Å²) in [6.07, 6.45) is 2.40. The molecule has 1 atom stereocenters. The van der Waals surface area contributed by atoms with Crippen LogP contribution in [0.3, 0.4) is 0 Å². The number of benzene rings is 1. The summed E-state index contributed by atoms with van der Waals surface area (Å²) in [5.41, 5.74) is 0.389. The second kappa shape index (κ2) is 9.63. The molecule has 0 aliphatic carbocycles. The minimum Gasteiger partial charge on any atom is -0.376 e. The zero-order valence-electron chi connectivity index (χ0n) is 17.9. The van der Waals surface area contributed by atoms with Crippen molar-refractivity contribution in [2.75, 3.05) is 13.2 Å². The number of ether oxygens (including phenoxy) is 1. The Hall–Kier alpha value is -3.37. The van der Waals surface area contributed by atoms with Crippen LogP contribution in [0.2, 0.25) is 0 Å². The number of hydrogen-bond donors (Lipinski definition) is 1. The SMILES string of the molecule is O=C(CCc1nc(-c2cccs2)no1)N(Cc1nc2ccccc2c(=O)[nH]1)CC1CCCO1.